The maximum atomic E-state index is 13.8. The Morgan fingerprint density at radius 1 is 1.00 bits per heavy atom. The van der Waals surface area contributed by atoms with Crippen molar-refractivity contribution in [3.63, 3.8) is 0 Å². The molecule has 1 fully saturated rings. The highest BCUT2D eigenvalue weighted by molar-refractivity contribution is 5.95. The number of nitrogens with zero attached hydrogens (tertiary/aromatic N) is 2. The van der Waals surface area contributed by atoms with Crippen molar-refractivity contribution < 1.29 is 23.1 Å². The largest absolute Gasteiger partial charge is 0.497 e. The Kier molecular flexibility index (Phi) is 6.77. The monoisotopic (exact) mass is 403 g/mol. The van der Waals surface area contributed by atoms with E-state index in [9.17, 15) is 18.4 Å². The molecule has 1 heterocycles. The van der Waals surface area contributed by atoms with Crippen LogP contribution in [0.15, 0.2) is 42.5 Å². The van der Waals surface area contributed by atoms with Gasteiger partial charge in [0.15, 0.2) is 0 Å². The van der Waals surface area contributed by atoms with Crippen molar-refractivity contribution in [2.24, 2.45) is 0 Å². The third-order valence-corrected chi connectivity index (χ3v) is 4.90. The number of rotatable bonds is 6. The maximum absolute atomic E-state index is 13.8. The highest BCUT2D eigenvalue weighted by atomic mass is 19.1. The minimum Gasteiger partial charge on any atom is -0.497 e. The predicted octanol–water partition coefficient (Wildman–Crippen LogP) is 2.16. The fourth-order valence-electron chi connectivity index (χ4n) is 3.21. The SMILES string of the molecule is COc1ccc(C(=O)NCCN2CCN(C(=O)c3c(F)cccc3F)CC2)cc1. The zero-order valence-electron chi connectivity index (χ0n) is 16.2. The van der Waals surface area contributed by atoms with Crippen molar-refractivity contribution in [2.75, 3.05) is 46.4 Å². The third-order valence-electron chi connectivity index (χ3n) is 4.90. The second-order valence-corrected chi connectivity index (χ2v) is 6.71. The van der Waals surface area contributed by atoms with Gasteiger partial charge in [0.05, 0.1) is 7.11 Å². The molecule has 6 nitrogen and oxygen atoms in total. The number of ether oxygens (including phenoxy) is 1. The normalized spacial score (nSPS) is 14.5. The molecule has 2 amide bonds. The lowest BCUT2D eigenvalue weighted by atomic mass is 10.1. The van der Waals surface area contributed by atoms with Crippen molar-refractivity contribution in [1.29, 1.82) is 0 Å². The molecule has 2 aromatic carbocycles. The Balaban J connectivity index is 1.44. The summed E-state index contributed by atoms with van der Waals surface area (Å²) in [5.74, 6) is -1.81. The maximum Gasteiger partial charge on any atom is 0.259 e. The first-order chi connectivity index (χ1) is 14.0. The molecule has 0 aliphatic carbocycles. The van der Waals surface area contributed by atoms with Gasteiger partial charge >= 0.3 is 0 Å². The van der Waals surface area contributed by atoms with Gasteiger partial charge in [-0.3, -0.25) is 14.5 Å². The molecule has 3 rings (SSSR count). The molecule has 8 heteroatoms. The van der Waals surface area contributed by atoms with Crippen LogP contribution in [-0.2, 0) is 0 Å². The summed E-state index contributed by atoms with van der Waals surface area (Å²) >= 11 is 0. The molecule has 29 heavy (non-hydrogen) atoms. The van der Waals surface area contributed by atoms with Gasteiger partial charge in [-0.25, -0.2) is 8.78 Å². The van der Waals surface area contributed by atoms with Crippen LogP contribution >= 0.6 is 0 Å². The van der Waals surface area contributed by atoms with E-state index in [2.05, 4.69) is 10.2 Å². The van der Waals surface area contributed by atoms with E-state index in [1.54, 1.807) is 31.4 Å². The van der Waals surface area contributed by atoms with Crippen LogP contribution in [0, 0.1) is 11.6 Å². The summed E-state index contributed by atoms with van der Waals surface area (Å²) in [4.78, 5) is 28.1. The number of hydrogen-bond acceptors (Lipinski definition) is 4. The first-order valence-electron chi connectivity index (χ1n) is 9.37. The number of nitrogens with one attached hydrogen (secondary N) is 1. The molecular weight excluding hydrogens is 380 g/mol. The fraction of sp³-hybridized carbons (Fsp3) is 0.333. The number of benzene rings is 2. The Hall–Kier alpha value is -3.00. The lowest BCUT2D eigenvalue weighted by molar-refractivity contribution is 0.0628. The summed E-state index contributed by atoms with van der Waals surface area (Å²) in [6, 6.07) is 10.2. The molecular formula is C21H23F2N3O3. The van der Waals surface area contributed by atoms with Gasteiger partial charge in [-0.2, -0.15) is 0 Å². The predicted molar refractivity (Wildman–Crippen MR) is 104 cm³/mol. The Labute approximate surface area is 168 Å². The number of piperazine rings is 1. The van der Waals surface area contributed by atoms with Crippen molar-refractivity contribution in [2.45, 2.75) is 0 Å². The smallest absolute Gasteiger partial charge is 0.259 e. The first kappa shape index (κ1) is 20.7. The van der Waals surface area contributed by atoms with Gasteiger partial charge in [0.1, 0.15) is 22.9 Å². The highest BCUT2D eigenvalue weighted by Gasteiger charge is 2.26. The number of carbonyl (C=O) groups is 2. The molecule has 2 aromatic rings. The minimum absolute atomic E-state index is 0.170. The molecule has 0 spiro atoms. The standard InChI is InChI=1S/C21H23F2N3O3/c1-29-16-7-5-15(6-8-16)20(27)24-9-10-25-11-13-26(14-12-25)21(28)19-17(22)3-2-4-18(19)23/h2-8H,9-14H2,1H3,(H,24,27). The molecule has 0 atom stereocenters. The van der Waals surface area contributed by atoms with Gasteiger partial charge in [-0.1, -0.05) is 6.07 Å². The lowest BCUT2D eigenvalue weighted by Gasteiger charge is -2.34. The van der Waals surface area contributed by atoms with E-state index in [0.717, 1.165) is 12.1 Å². The molecule has 0 radical (unpaired) electrons. The summed E-state index contributed by atoms with van der Waals surface area (Å²) in [5, 5.41) is 2.86. The van der Waals surface area contributed by atoms with Gasteiger partial charge in [-0.15, -0.1) is 0 Å². The zero-order chi connectivity index (χ0) is 20.8. The fourth-order valence-corrected chi connectivity index (χ4v) is 3.21. The number of carbonyl (C=O) groups excluding carboxylic acids is 2. The highest BCUT2D eigenvalue weighted by Crippen LogP contribution is 2.16. The molecule has 0 aromatic heterocycles. The Bertz CT molecular complexity index is 846. The van der Waals surface area contributed by atoms with Crippen molar-refractivity contribution in [3.05, 3.63) is 65.2 Å². The second kappa shape index (κ2) is 9.47. The van der Waals surface area contributed by atoms with E-state index in [-0.39, 0.29) is 5.91 Å². The molecule has 1 N–H and O–H groups in total. The van der Waals surface area contributed by atoms with Gasteiger partial charge in [0, 0.05) is 44.8 Å². The van der Waals surface area contributed by atoms with Crippen LogP contribution in [-0.4, -0.2) is 68.0 Å². The summed E-state index contributed by atoms with van der Waals surface area (Å²) < 4.78 is 32.7. The number of halogens is 2. The quantitative estimate of drug-likeness (QED) is 0.803. The molecule has 1 saturated heterocycles. The first-order valence-corrected chi connectivity index (χ1v) is 9.37. The van der Waals surface area contributed by atoms with Gasteiger partial charge < -0.3 is 15.0 Å². The molecule has 154 valence electrons. The average molecular weight is 403 g/mol. The van der Waals surface area contributed by atoms with E-state index < -0.39 is 23.1 Å². The van der Waals surface area contributed by atoms with Crippen molar-refractivity contribution >= 4 is 11.8 Å². The average Bonchev–Trinajstić information content (AvgIpc) is 2.74. The lowest BCUT2D eigenvalue weighted by Crippen LogP contribution is -2.50. The minimum atomic E-state index is -0.848. The Morgan fingerprint density at radius 2 is 1.62 bits per heavy atom. The van der Waals surface area contributed by atoms with E-state index in [1.165, 1.54) is 11.0 Å². The van der Waals surface area contributed by atoms with Crippen LogP contribution in [0.2, 0.25) is 0 Å². The van der Waals surface area contributed by atoms with E-state index in [0.29, 0.717) is 50.6 Å². The summed E-state index contributed by atoms with van der Waals surface area (Å²) in [6.45, 7) is 2.97. The molecule has 1 aliphatic heterocycles. The van der Waals surface area contributed by atoms with Gasteiger partial charge in [-0.05, 0) is 36.4 Å². The molecule has 0 saturated carbocycles. The van der Waals surface area contributed by atoms with E-state index in [4.69, 9.17) is 4.74 Å². The number of hydrogen-bond donors (Lipinski definition) is 1. The van der Waals surface area contributed by atoms with Crippen LogP contribution in [0.25, 0.3) is 0 Å². The number of methoxy groups -OCH3 is 1. The van der Waals surface area contributed by atoms with Gasteiger partial charge in [0.25, 0.3) is 11.8 Å². The topological polar surface area (TPSA) is 61.9 Å². The van der Waals surface area contributed by atoms with Crippen molar-refractivity contribution in [3.8, 4) is 5.75 Å². The molecule has 1 aliphatic rings. The van der Waals surface area contributed by atoms with Crippen LogP contribution in [0.1, 0.15) is 20.7 Å². The van der Waals surface area contributed by atoms with E-state index in [1.807, 2.05) is 0 Å². The van der Waals surface area contributed by atoms with Crippen LogP contribution in [0.3, 0.4) is 0 Å². The Morgan fingerprint density at radius 3 is 2.21 bits per heavy atom. The van der Waals surface area contributed by atoms with E-state index >= 15 is 0 Å². The number of amides is 2. The molecule has 0 bridgehead atoms. The van der Waals surface area contributed by atoms with Crippen LogP contribution < -0.4 is 10.1 Å². The summed E-state index contributed by atoms with van der Waals surface area (Å²) in [5.41, 5.74) is 0.0424. The van der Waals surface area contributed by atoms with Gasteiger partial charge in [0.2, 0.25) is 0 Å². The summed E-state index contributed by atoms with van der Waals surface area (Å²) in [6.07, 6.45) is 0. The van der Waals surface area contributed by atoms with Crippen LogP contribution in [0.5, 0.6) is 5.75 Å². The summed E-state index contributed by atoms with van der Waals surface area (Å²) in [7, 11) is 1.56. The zero-order valence-corrected chi connectivity index (χ0v) is 16.2. The van der Waals surface area contributed by atoms with Crippen LogP contribution in [0.4, 0.5) is 8.78 Å². The second-order valence-electron chi connectivity index (χ2n) is 6.71. The third kappa shape index (κ3) is 5.08. The van der Waals surface area contributed by atoms with Crippen molar-refractivity contribution in [1.82, 2.24) is 15.1 Å². The molecule has 0 unspecified atom stereocenters.